The molecule has 0 saturated heterocycles. The van der Waals surface area contributed by atoms with Crippen LogP contribution in [0.3, 0.4) is 0 Å². The second-order valence-corrected chi connectivity index (χ2v) is 5.32. The van der Waals surface area contributed by atoms with E-state index in [1.54, 1.807) is 6.07 Å². The molecule has 18 heavy (non-hydrogen) atoms. The lowest BCUT2D eigenvalue weighted by atomic mass is 9.85. The van der Waals surface area contributed by atoms with Gasteiger partial charge in [-0.3, -0.25) is 5.41 Å². The molecular formula is C14H20ClN3. The highest BCUT2D eigenvalue weighted by Crippen LogP contribution is 2.32. The first-order chi connectivity index (χ1) is 8.61. The van der Waals surface area contributed by atoms with Gasteiger partial charge in [-0.05, 0) is 43.9 Å². The number of halogens is 1. The van der Waals surface area contributed by atoms with Crippen molar-refractivity contribution >= 4 is 23.1 Å². The molecule has 98 valence electrons. The Morgan fingerprint density at radius 1 is 1.50 bits per heavy atom. The van der Waals surface area contributed by atoms with Crippen molar-refractivity contribution < 1.29 is 0 Å². The molecule has 0 bridgehead atoms. The molecule has 0 amide bonds. The first-order valence-corrected chi connectivity index (χ1v) is 6.88. The lowest BCUT2D eigenvalue weighted by Gasteiger charge is -2.33. The fraction of sp³-hybridized carbons (Fsp3) is 0.500. The van der Waals surface area contributed by atoms with Crippen LogP contribution in [0.15, 0.2) is 18.2 Å². The third kappa shape index (κ3) is 2.78. The zero-order chi connectivity index (χ0) is 13.1. The third-order valence-electron chi connectivity index (χ3n) is 3.68. The van der Waals surface area contributed by atoms with Gasteiger partial charge in [0.05, 0.1) is 10.7 Å². The van der Waals surface area contributed by atoms with Crippen LogP contribution in [0.1, 0.15) is 31.7 Å². The summed E-state index contributed by atoms with van der Waals surface area (Å²) in [6.45, 7) is 4.18. The molecule has 3 nitrogen and oxygen atoms in total. The van der Waals surface area contributed by atoms with Crippen molar-refractivity contribution in [3.63, 3.8) is 0 Å². The highest BCUT2D eigenvalue weighted by atomic mass is 35.5. The third-order valence-corrected chi connectivity index (χ3v) is 3.99. The zero-order valence-corrected chi connectivity index (χ0v) is 11.5. The molecule has 0 aromatic heterocycles. The predicted octanol–water partition coefficient (Wildman–Crippen LogP) is 3.25. The molecule has 0 radical (unpaired) electrons. The van der Waals surface area contributed by atoms with E-state index >= 15 is 0 Å². The van der Waals surface area contributed by atoms with Crippen LogP contribution in [-0.4, -0.2) is 18.9 Å². The van der Waals surface area contributed by atoms with E-state index in [0.29, 0.717) is 10.6 Å². The summed E-state index contributed by atoms with van der Waals surface area (Å²) in [6.07, 6.45) is 4.03. The smallest absolute Gasteiger partial charge is 0.122 e. The molecule has 0 atom stereocenters. The summed E-state index contributed by atoms with van der Waals surface area (Å²) in [4.78, 5) is 2.32. The molecule has 3 N–H and O–H groups in total. The average Bonchev–Trinajstić information content (AvgIpc) is 2.29. The van der Waals surface area contributed by atoms with Crippen molar-refractivity contribution in [2.75, 3.05) is 18.0 Å². The first kappa shape index (κ1) is 13.2. The summed E-state index contributed by atoms with van der Waals surface area (Å²) in [5, 5.41) is 8.10. The van der Waals surface area contributed by atoms with Crippen LogP contribution in [0.2, 0.25) is 5.02 Å². The summed E-state index contributed by atoms with van der Waals surface area (Å²) < 4.78 is 0. The van der Waals surface area contributed by atoms with Crippen molar-refractivity contribution in [1.82, 2.24) is 0 Å². The zero-order valence-electron chi connectivity index (χ0n) is 10.7. The van der Waals surface area contributed by atoms with Crippen molar-refractivity contribution in [1.29, 1.82) is 5.41 Å². The monoisotopic (exact) mass is 265 g/mol. The van der Waals surface area contributed by atoms with E-state index < -0.39 is 0 Å². The van der Waals surface area contributed by atoms with Crippen molar-refractivity contribution in [2.45, 2.75) is 26.2 Å². The molecule has 2 rings (SSSR count). The van der Waals surface area contributed by atoms with Gasteiger partial charge >= 0.3 is 0 Å². The Morgan fingerprint density at radius 2 is 2.22 bits per heavy atom. The summed E-state index contributed by atoms with van der Waals surface area (Å²) in [5.41, 5.74) is 7.20. The molecule has 1 aliphatic rings. The lowest BCUT2D eigenvalue weighted by molar-refractivity contribution is 0.318. The van der Waals surface area contributed by atoms with Crippen molar-refractivity contribution in [2.24, 2.45) is 11.7 Å². The van der Waals surface area contributed by atoms with Crippen LogP contribution in [0, 0.1) is 11.3 Å². The maximum absolute atomic E-state index is 7.41. The SMILES string of the molecule is CCN(CC1CCC1)c1ccc(C(=N)N)cc1Cl. The molecule has 1 saturated carbocycles. The highest BCUT2D eigenvalue weighted by Gasteiger charge is 2.21. The lowest BCUT2D eigenvalue weighted by Crippen LogP contribution is -2.32. The van der Waals surface area contributed by atoms with Gasteiger partial charge in [-0.25, -0.2) is 0 Å². The number of nitrogen functional groups attached to an aromatic ring is 1. The van der Waals surface area contributed by atoms with Gasteiger partial charge in [0.25, 0.3) is 0 Å². The largest absolute Gasteiger partial charge is 0.384 e. The Hall–Kier alpha value is -1.22. The van der Waals surface area contributed by atoms with Gasteiger partial charge in [0.2, 0.25) is 0 Å². The number of hydrogen-bond acceptors (Lipinski definition) is 2. The van der Waals surface area contributed by atoms with Crippen LogP contribution in [0.25, 0.3) is 0 Å². The summed E-state index contributed by atoms with van der Waals surface area (Å²) in [7, 11) is 0. The number of amidine groups is 1. The summed E-state index contributed by atoms with van der Waals surface area (Å²) >= 11 is 6.30. The fourth-order valence-corrected chi connectivity index (χ4v) is 2.62. The minimum atomic E-state index is 0.0606. The minimum Gasteiger partial charge on any atom is -0.384 e. The topological polar surface area (TPSA) is 53.1 Å². The summed E-state index contributed by atoms with van der Waals surface area (Å²) in [6, 6.07) is 5.62. The van der Waals surface area contributed by atoms with E-state index in [4.69, 9.17) is 22.7 Å². The van der Waals surface area contributed by atoms with Crippen LogP contribution in [0.5, 0.6) is 0 Å². The Labute approximate surface area is 113 Å². The maximum Gasteiger partial charge on any atom is 0.122 e. The first-order valence-electron chi connectivity index (χ1n) is 6.50. The molecule has 0 unspecified atom stereocenters. The van der Waals surface area contributed by atoms with Gasteiger partial charge in [-0.15, -0.1) is 0 Å². The van der Waals surface area contributed by atoms with E-state index in [9.17, 15) is 0 Å². The fourth-order valence-electron chi connectivity index (χ4n) is 2.32. The Morgan fingerprint density at radius 3 is 2.67 bits per heavy atom. The molecule has 1 aliphatic carbocycles. The number of anilines is 1. The molecule has 4 heteroatoms. The van der Waals surface area contributed by atoms with E-state index in [1.807, 2.05) is 12.1 Å². The standard InChI is InChI=1S/C14H20ClN3/c1-2-18(9-10-4-3-5-10)13-7-6-11(14(16)17)8-12(13)15/h6-8,10H,2-5,9H2,1H3,(H3,16,17). The van der Waals surface area contributed by atoms with E-state index in [1.165, 1.54) is 19.3 Å². The Bertz CT molecular complexity index is 441. The van der Waals surface area contributed by atoms with Crippen LogP contribution in [-0.2, 0) is 0 Å². The van der Waals surface area contributed by atoms with E-state index in [2.05, 4.69) is 11.8 Å². The van der Waals surface area contributed by atoms with Crippen molar-refractivity contribution in [3.05, 3.63) is 28.8 Å². The number of rotatable bonds is 5. The highest BCUT2D eigenvalue weighted by molar-refractivity contribution is 6.33. The molecule has 1 aromatic carbocycles. The van der Waals surface area contributed by atoms with Crippen LogP contribution >= 0.6 is 11.6 Å². The van der Waals surface area contributed by atoms with Gasteiger partial charge in [-0.2, -0.15) is 0 Å². The van der Waals surface area contributed by atoms with Crippen LogP contribution in [0.4, 0.5) is 5.69 Å². The van der Waals surface area contributed by atoms with Gasteiger partial charge in [0, 0.05) is 18.7 Å². The van der Waals surface area contributed by atoms with Crippen molar-refractivity contribution in [3.8, 4) is 0 Å². The van der Waals surface area contributed by atoms with Gasteiger partial charge in [0.15, 0.2) is 0 Å². The number of nitrogens with one attached hydrogen (secondary N) is 1. The quantitative estimate of drug-likeness (QED) is 0.634. The van der Waals surface area contributed by atoms with E-state index in [0.717, 1.165) is 24.7 Å². The predicted molar refractivity (Wildman–Crippen MR) is 77.7 cm³/mol. The molecular weight excluding hydrogens is 246 g/mol. The second-order valence-electron chi connectivity index (χ2n) is 4.92. The minimum absolute atomic E-state index is 0.0606. The molecule has 1 fully saturated rings. The second kappa shape index (κ2) is 5.61. The Kier molecular flexibility index (Phi) is 4.12. The van der Waals surface area contributed by atoms with E-state index in [-0.39, 0.29) is 5.84 Å². The van der Waals surface area contributed by atoms with Crippen LogP contribution < -0.4 is 10.6 Å². The summed E-state index contributed by atoms with van der Waals surface area (Å²) in [5.74, 6) is 0.874. The normalized spacial score (nSPS) is 15.2. The number of nitrogens with two attached hydrogens (primary N) is 1. The number of nitrogens with zero attached hydrogens (tertiary/aromatic N) is 1. The number of hydrogen-bond donors (Lipinski definition) is 2. The Balaban J connectivity index is 2.16. The van der Waals surface area contributed by atoms with Gasteiger partial charge in [0.1, 0.15) is 5.84 Å². The van der Waals surface area contributed by atoms with Gasteiger partial charge in [-0.1, -0.05) is 18.0 Å². The molecule has 0 spiro atoms. The molecule has 0 heterocycles. The molecule has 1 aromatic rings. The van der Waals surface area contributed by atoms with Gasteiger partial charge < -0.3 is 10.6 Å². The number of benzene rings is 1. The molecule has 0 aliphatic heterocycles. The maximum atomic E-state index is 7.41. The average molecular weight is 266 g/mol.